The summed E-state index contributed by atoms with van der Waals surface area (Å²) in [5, 5.41) is 0. The molecule has 1 atom stereocenters. The Morgan fingerprint density at radius 3 is 2.80 bits per heavy atom. The lowest BCUT2D eigenvalue weighted by Gasteiger charge is -2.05. The average Bonchev–Trinajstić information content (AvgIpc) is 2.18. The maximum Gasteiger partial charge on any atom is 0.0952 e. The third-order valence-electron chi connectivity index (χ3n) is 1.92. The quantitative estimate of drug-likeness (QED) is 0.692. The molecule has 0 bridgehead atoms. The smallest absolute Gasteiger partial charge is 0.0952 e. The van der Waals surface area contributed by atoms with Crippen LogP contribution in [0.4, 0.5) is 5.69 Å². The van der Waals surface area contributed by atoms with Crippen LogP contribution in [0.25, 0.3) is 0 Å². The molecule has 0 aromatic carbocycles. The van der Waals surface area contributed by atoms with Gasteiger partial charge in [0.15, 0.2) is 0 Å². The molecule has 1 rings (SSSR count). The summed E-state index contributed by atoms with van der Waals surface area (Å²) in [6, 6.07) is 6.72. The molecule has 0 saturated heterocycles. The second-order valence-electron chi connectivity index (χ2n) is 4.03. The van der Waals surface area contributed by atoms with E-state index in [1.807, 2.05) is 12.1 Å². The Bertz CT molecular complexity index is 337. The van der Waals surface area contributed by atoms with E-state index in [4.69, 9.17) is 0 Å². The molecule has 0 saturated carbocycles. The van der Waals surface area contributed by atoms with E-state index in [0.717, 1.165) is 12.1 Å². The lowest BCUT2D eigenvalue weighted by molar-refractivity contribution is 0.523. The predicted octanol–water partition coefficient (Wildman–Crippen LogP) is 3.32. The van der Waals surface area contributed by atoms with Gasteiger partial charge in [0.1, 0.15) is 0 Å². The standard InChI is InChI=1S/C12H17N3/c1-10(2)7-11(3)14-9-15-12-5-4-6-13-8-12/h4-6,8,10-11H,7H2,1-3H3. The van der Waals surface area contributed by atoms with Crippen LogP contribution >= 0.6 is 0 Å². The number of hydrogen-bond acceptors (Lipinski definition) is 3. The van der Waals surface area contributed by atoms with E-state index in [0.29, 0.717) is 5.92 Å². The van der Waals surface area contributed by atoms with Crippen molar-refractivity contribution in [2.45, 2.75) is 33.2 Å². The van der Waals surface area contributed by atoms with Crippen LogP contribution in [0.1, 0.15) is 27.2 Å². The van der Waals surface area contributed by atoms with Crippen molar-refractivity contribution < 1.29 is 0 Å². The molecule has 0 radical (unpaired) electrons. The summed E-state index contributed by atoms with van der Waals surface area (Å²) in [4.78, 5) is 12.2. The Kier molecular flexibility index (Phi) is 4.72. The zero-order chi connectivity index (χ0) is 11.1. The summed E-state index contributed by atoms with van der Waals surface area (Å²) >= 11 is 0. The second-order valence-corrected chi connectivity index (χ2v) is 4.03. The maximum atomic E-state index is 4.22. The van der Waals surface area contributed by atoms with Crippen LogP contribution in [0, 0.1) is 5.92 Å². The first-order valence-electron chi connectivity index (χ1n) is 5.24. The van der Waals surface area contributed by atoms with Gasteiger partial charge in [-0.05, 0) is 31.4 Å². The molecule has 0 aliphatic heterocycles. The third kappa shape index (κ3) is 5.08. The van der Waals surface area contributed by atoms with Crippen LogP contribution in [0.3, 0.4) is 0 Å². The molecule has 0 aliphatic rings. The summed E-state index contributed by atoms with van der Waals surface area (Å²) in [6.07, 6.45) is 4.47. The number of nitrogens with zero attached hydrogens (tertiary/aromatic N) is 3. The SMILES string of the molecule is CC(C)CC(C)N=C=Nc1cccnc1. The Labute approximate surface area is 91.0 Å². The molecule has 1 unspecified atom stereocenters. The van der Waals surface area contributed by atoms with Gasteiger partial charge in [0.25, 0.3) is 0 Å². The van der Waals surface area contributed by atoms with Crippen molar-refractivity contribution in [3.63, 3.8) is 0 Å². The summed E-state index contributed by atoms with van der Waals surface area (Å²) in [7, 11) is 0. The highest BCUT2D eigenvalue weighted by Crippen LogP contribution is 2.08. The normalized spacial score (nSPS) is 12.0. The number of aliphatic imine (C=N–C) groups is 2. The van der Waals surface area contributed by atoms with Gasteiger partial charge in [0.2, 0.25) is 0 Å². The highest BCUT2D eigenvalue weighted by Gasteiger charge is 2.00. The van der Waals surface area contributed by atoms with Gasteiger partial charge in [-0.3, -0.25) is 4.98 Å². The van der Waals surface area contributed by atoms with Gasteiger partial charge in [-0.25, -0.2) is 4.99 Å². The molecule has 1 aromatic heterocycles. The van der Waals surface area contributed by atoms with E-state index in [-0.39, 0.29) is 6.04 Å². The van der Waals surface area contributed by atoms with Crippen LogP contribution in [0.2, 0.25) is 0 Å². The fourth-order valence-electron chi connectivity index (χ4n) is 1.34. The fourth-order valence-corrected chi connectivity index (χ4v) is 1.34. The number of pyridine rings is 1. The van der Waals surface area contributed by atoms with Gasteiger partial charge in [0, 0.05) is 6.20 Å². The van der Waals surface area contributed by atoms with Crippen molar-refractivity contribution in [2.75, 3.05) is 0 Å². The first-order valence-corrected chi connectivity index (χ1v) is 5.24. The van der Waals surface area contributed by atoms with Crippen LogP contribution in [-0.4, -0.2) is 17.0 Å². The molecule has 1 aromatic rings. The lowest BCUT2D eigenvalue weighted by atomic mass is 10.1. The minimum Gasteiger partial charge on any atom is -0.262 e. The molecule has 0 aliphatic carbocycles. The van der Waals surface area contributed by atoms with Crippen molar-refractivity contribution in [3.05, 3.63) is 24.5 Å². The van der Waals surface area contributed by atoms with Gasteiger partial charge in [-0.2, -0.15) is 4.99 Å². The molecule has 15 heavy (non-hydrogen) atoms. The number of rotatable bonds is 4. The van der Waals surface area contributed by atoms with Crippen molar-refractivity contribution in [3.8, 4) is 0 Å². The van der Waals surface area contributed by atoms with Gasteiger partial charge in [0.05, 0.1) is 23.9 Å². The predicted molar refractivity (Wildman–Crippen MR) is 62.7 cm³/mol. The Morgan fingerprint density at radius 1 is 1.40 bits per heavy atom. The number of aromatic nitrogens is 1. The van der Waals surface area contributed by atoms with E-state index in [9.17, 15) is 0 Å². The molecular weight excluding hydrogens is 186 g/mol. The largest absolute Gasteiger partial charge is 0.262 e. The summed E-state index contributed by atoms with van der Waals surface area (Å²) in [5.74, 6) is 0.656. The molecule has 0 amide bonds. The molecular formula is C12H17N3. The van der Waals surface area contributed by atoms with E-state index in [2.05, 4.69) is 41.7 Å². The molecule has 0 fully saturated rings. The molecule has 1 heterocycles. The van der Waals surface area contributed by atoms with Crippen LogP contribution < -0.4 is 0 Å². The maximum absolute atomic E-state index is 4.22. The van der Waals surface area contributed by atoms with E-state index in [1.165, 1.54) is 0 Å². The summed E-state index contributed by atoms with van der Waals surface area (Å²) < 4.78 is 0. The minimum absolute atomic E-state index is 0.283. The van der Waals surface area contributed by atoms with Crippen molar-refractivity contribution in [2.24, 2.45) is 15.9 Å². The Balaban J connectivity index is 2.54. The van der Waals surface area contributed by atoms with Crippen molar-refractivity contribution in [1.82, 2.24) is 4.98 Å². The van der Waals surface area contributed by atoms with Crippen LogP contribution in [-0.2, 0) is 0 Å². The summed E-state index contributed by atoms with van der Waals surface area (Å²) in [5.41, 5.74) is 0.790. The molecule has 0 N–H and O–H groups in total. The minimum atomic E-state index is 0.283. The molecule has 3 heteroatoms. The Morgan fingerprint density at radius 2 is 2.20 bits per heavy atom. The van der Waals surface area contributed by atoms with Crippen LogP contribution in [0.5, 0.6) is 0 Å². The molecule has 0 spiro atoms. The topological polar surface area (TPSA) is 37.6 Å². The van der Waals surface area contributed by atoms with Gasteiger partial charge in [-0.1, -0.05) is 13.8 Å². The van der Waals surface area contributed by atoms with Gasteiger partial charge >= 0.3 is 0 Å². The van der Waals surface area contributed by atoms with Crippen molar-refractivity contribution >= 4 is 11.7 Å². The fraction of sp³-hybridized carbons (Fsp3) is 0.500. The van der Waals surface area contributed by atoms with Crippen molar-refractivity contribution in [1.29, 1.82) is 0 Å². The average molecular weight is 203 g/mol. The van der Waals surface area contributed by atoms with E-state index < -0.39 is 0 Å². The number of hydrogen-bond donors (Lipinski definition) is 0. The Hall–Kier alpha value is -1.47. The first kappa shape index (κ1) is 11.6. The zero-order valence-electron chi connectivity index (χ0n) is 9.51. The van der Waals surface area contributed by atoms with Gasteiger partial charge in [-0.15, -0.1) is 0 Å². The lowest BCUT2D eigenvalue weighted by Crippen LogP contribution is -2.01. The highest BCUT2D eigenvalue weighted by atomic mass is 14.8. The zero-order valence-corrected chi connectivity index (χ0v) is 9.51. The van der Waals surface area contributed by atoms with Crippen LogP contribution in [0.15, 0.2) is 34.5 Å². The van der Waals surface area contributed by atoms with Gasteiger partial charge < -0.3 is 0 Å². The van der Waals surface area contributed by atoms with E-state index >= 15 is 0 Å². The second kappa shape index (κ2) is 6.10. The first-order chi connectivity index (χ1) is 7.18. The molecule has 80 valence electrons. The monoisotopic (exact) mass is 203 g/mol. The summed E-state index contributed by atoms with van der Waals surface area (Å²) in [6.45, 7) is 6.44. The molecule has 3 nitrogen and oxygen atoms in total. The third-order valence-corrected chi connectivity index (χ3v) is 1.92. The highest BCUT2D eigenvalue weighted by molar-refractivity contribution is 5.51. The van der Waals surface area contributed by atoms with E-state index in [1.54, 1.807) is 12.4 Å².